The van der Waals surface area contributed by atoms with Gasteiger partial charge in [0.15, 0.2) is 0 Å². The number of likely N-dealkylation sites (tertiary alicyclic amines) is 1. The largest absolute Gasteiger partial charge is 0.338 e. The molecule has 0 aromatic heterocycles. The molecule has 0 saturated carbocycles. The van der Waals surface area contributed by atoms with Crippen LogP contribution >= 0.6 is 0 Å². The Labute approximate surface area is 121 Å². The smallest absolute Gasteiger partial charge is 0.253 e. The Hall–Kier alpha value is -1.79. The zero-order valence-corrected chi connectivity index (χ0v) is 12.3. The van der Waals surface area contributed by atoms with Crippen molar-refractivity contribution < 1.29 is 4.79 Å². The quantitative estimate of drug-likeness (QED) is 0.795. The number of carbonyl (C=O) groups excluding carboxylic acids is 1. The van der Waals surface area contributed by atoms with Crippen LogP contribution in [0.1, 0.15) is 41.3 Å². The molecular weight excluding hydrogens is 248 g/mol. The first-order chi connectivity index (χ1) is 9.61. The molecule has 1 aliphatic rings. The van der Waals surface area contributed by atoms with Gasteiger partial charge in [0.05, 0.1) is 6.54 Å². The molecule has 0 aliphatic carbocycles. The topological polar surface area (TPSA) is 46.3 Å². The first kappa shape index (κ1) is 14.6. The fourth-order valence-electron chi connectivity index (χ4n) is 2.64. The molecular formula is C17H22N2O. The number of hydrogen-bond acceptors (Lipinski definition) is 2. The minimum atomic E-state index is 0.137. The van der Waals surface area contributed by atoms with Gasteiger partial charge in [-0.25, -0.2) is 0 Å². The van der Waals surface area contributed by atoms with Crippen molar-refractivity contribution in [1.82, 2.24) is 4.90 Å². The third-order valence-corrected chi connectivity index (χ3v) is 3.74. The lowest BCUT2D eigenvalue weighted by atomic mass is 9.98. The van der Waals surface area contributed by atoms with E-state index in [1.54, 1.807) is 0 Å². The van der Waals surface area contributed by atoms with Gasteiger partial charge in [0.2, 0.25) is 0 Å². The summed E-state index contributed by atoms with van der Waals surface area (Å²) in [6.45, 7) is 6.28. The Morgan fingerprint density at radius 2 is 2.30 bits per heavy atom. The van der Waals surface area contributed by atoms with E-state index in [1.165, 1.54) is 6.42 Å². The highest BCUT2D eigenvalue weighted by atomic mass is 16.2. The number of benzene rings is 1. The summed E-state index contributed by atoms with van der Waals surface area (Å²) in [4.78, 5) is 14.5. The first-order valence-electron chi connectivity index (χ1n) is 7.20. The molecule has 1 saturated heterocycles. The van der Waals surface area contributed by atoms with Crippen LogP contribution in [0.5, 0.6) is 0 Å². The number of nitrogens with two attached hydrogens (primary N) is 1. The van der Waals surface area contributed by atoms with E-state index in [2.05, 4.69) is 18.8 Å². The molecule has 1 aliphatic heterocycles. The summed E-state index contributed by atoms with van der Waals surface area (Å²) < 4.78 is 0. The van der Waals surface area contributed by atoms with Crippen LogP contribution in [0, 0.1) is 24.7 Å². The van der Waals surface area contributed by atoms with Gasteiger partial charge in [-0.3, -0.25) is 4.79 Å². The van der Waals surface area contributed by atoms with E-state index in [1.807, 2.05) is 30.0 Å². The normalized spacial score (nSPS) is 18.4. The highest BCUT2D eigenvalue weighted by Gasteiger charge is 2.22. The van der Waals surface area contributed by atoms with Crippen LogP contribution in [-0.2, 0) is 0 Å². The van der Waals surface area contributed by atoms with Crippen LogP contribution in [-0.4, -0.2) is 30.4 Å². The van der Waals surface area contributed by atoms with Gasteiger partial charge in [0.25, 0.3) is 5.91 Å². The Morgan fingerprint density at radius 3 is 2.95 bits per heavy atom. The fraction of sp³-hybridized carbons (Fsp3) is 0.471. The van der Waals surface area contributed by atoms with Crippen LogP contribution in [0.2, 0.25) is 0 Å². The lowest BCUT2D eigenvalue weighted by molar-refractivity contribution is 0.0683. The van der Waals surface area contributed by atoms with Gasteiger partial charge in [-0.05, 0) is 49.4 Å². The first-order valence-corrected chi connectivity index (χ1v) is 7.20. The second-order valence-electron chi connectivity index (χ2n) is 5.53. The van der Waals surface area contributed by atoms with E-state index in [0.717, 1.165) is 36.2 Å². The van der Waals surface area contributed by atoms with Crippen LogP contribution in [0.25, 0.3) is 0 Å². The fourth-order valence-corrected chi connectivity index (χ4v) is 2.64. The van der Waals surface area contributed by atoms with Crippen LogP contribution in [0.4, 0.5) is 0 Å². The second kappa shape index (κ2) is 6.58. The third kappa shape index (κ3) is 3.40. The molecule has 106 valence electrons. The molecule has 3 heteroatoms. The summed E-state index contributed by atoms with van der Waals surface area (Å²) in [6.07, 6.45) is 2.32. The summed E-state index contributed by atoms with van der Waals surface area (Å²) in [5.41, 5.74) is 8.11. The molecule has 20 heavy (non-hydrogen) atoms. The van der Waals surface area contributed by atoms with Gasteiger partial charge in [-0.1, -0.05) is 18.8 Å². The number of rotatable bonds is 1. The van der Waals surface area contributed by atoms with Gasteiger partial charge in [-0.15, -0.1) is 0 Å². The molecule has 0 spiro atoms. The Morgan fingerprint density at radius 1 is 1.50 bits per heavy atom. The standard InChI is InChI=1S/C17H22N2O/c1-13-5-4-10-19(12-13)17(20)16-8-7-15(6-3-9-18)14(2)11-16/h7-8,11,13H,4-5,9-10,12,18H2,1-2H3. The molecule has 0 radical (unpaired) electrons. The van der Waals surface area contributed by atoms with Gasteiger partial charge in [0, 0.05) is 24.2 Å². The molecule has 1 aromatic carbocycles. The highest BCUT2D eigenvalue weighted by Crippen LogP contribution is 2.19. The third-order valence-electron chi connectivity index (χ3n) is 3.74. The summed E-state index contributed by atoms with van der Waals surface area (Å²) in [5.74, 6) is 6.61. The van der Waals surface area contributed by atoms with Crippen molar-refractivity contribution in [2.24, 2.45) is 11.7 Å². The molecule has 1 atom stereocenters. The average Bonchev–Trinajstić information content (AvgIpc) is 2.45. The number of piperidine rings is 1. The number of amides is 1. The van der Waals surface area contributed by atoms with Crippen LogP contribution in [0.15, 0.2) is 18.2 Å². The lowest BCUT2D eigenvalue weighted by Crippen LogP contribution is -2.39. The van der Waals surface area contributed by atoms with E-state index in [0.29, 0.717) is 12.5 Å². The van der Waals surface area contributed by atoms with E-state index >= 15 is 0 Å². The SMILES string of the molecule is Cc1cc(C(=O)N2CCCC(C)C2)ccc1C#CCN. The highest BCUT2D eigenvalue weighted by molar-refractivity contribution is 5.94. The summed E-state index contributed by atoms with van der Waals surface area (Å²) in [7, 11) is 0. The zero-order chi connectivity index (χ0) is 14.5. The Bertz CT molecular complexity index is 554. The lowest BCUT2D eigenvalue weighted by Gasteiger charge is -2.31. The number of nitrogens with zero attached hydrogens (tertiary/aromatic N) is 1. The van der Waals surface area contributed by atoms with E-state index in [4.69, 9.17) is 5.73 Å². The molecule has 2 rings (SSSR count). The Balaban J connectivity index is 2.16. The van der Waals surface area contributed by atoms with Crippen molar-refractivity contribution in [3.63, 3.8) is 0 Å². The summed E-state index contributed by atoms with van der Waals surface area (Å²) in [5, 5.41) is 0. The molecule has 1 heterocycles. The molecule has 1 unspecified atom stereocenters. The molecule has 0 bridgehead atoms. The van der Waals surface area contributed by atoms with Gasteiger partial charge < -0.3 is 10.6 Å². The molecule has 1 fully saturated rings. The summed E-state index contributed by atoms with van der Waals surface area (Å²) >= 11 is 0. The van der Waals surface area contributed by atoms with Crippen molar-refractivity contribution in [2.45, 2.75) is 26.7 Å². The molecule has 1 aromatic rings. The predicted octanol–water partition coefficient (Wildman–Crippen LogP) is 2.18. The zero-order valence-electron chi connectivity index (χ0n) is 12.3. The predicted molar refractivity (Wildman–Crippen MR) is 81.4 cm³/mol. The number of hydrogen-bond donors (Lipinski definition) is 1. The van der Waals surface area contributed by atoms with Crippen molar-refractivity contribution in [3.8, 4) is 11.8 Å². The van der Waals surface area contributed by atoms with Gasteiger partial charge in [0.1, 0.15) is 0 Å². The maximum Gasteiger partial charge on any atom is 0.253 e. The minimum absolute atomic E-state index is 0.137. The average molecular weight is 270 g/mol. The van der Waals surface area contributed by atoms with Crippen molar-refractivity contribution in [1.29, 1.82) is 0 Å². The number of aryl methyl sites for hydroxylation is 1. The summed E-state index contributed by atoms with van der Waals surface area (Å²) in [6, 6.07) is 5.72. The van der Waals surface area contributed by atoms with Gasteiger partial charge in [-0.2, -0.15) is 0 Å². The monoisotopic (exact) mass is 270 g/mol. The molecule has 1 amide bonds. The van der Waals surface area contributed by atoms with Crippen LogP contribution in [0.3, 0.4) is 0 Å². The van der Waals surface area contributed by atoms with E-state index in [9.17, 15) is 4.79 Å². The van der Waals surface area contributed by atoms with E-state index < -0.39 is 0 Å². The maximum atomic E-state index is 12.5. The minimum Gasteiger partial charge on any atom is -0.338 e. The molecule has 2 N–H and O–H groups in total. The maximum absolute atomic E-state index is 12.5. The van der Waals surface area contributed by atoms with Gasteiger partial charge >= 0.3 is 0 Å². The van der Waals surface area contributed by atoms with Crippen molar-refractivity contribution >= 4 is 5.91 Å². The second-order valence-corrected chi connectivity index (χ2v) is 5.53. The van der Waals surface area contributed by atoms with Crippen molar-refractivity contribution in [3.05, 3.63) is 34.9 Å². The van der Waals surface area contributed by atoms with Crippen LogP contribution < -0.4 is 5.73 Å². The molecule has 3 nitrogen and oxygen atoms in total. The van der Waals surface area contributed by atoms with Crippen molar-refractivity contribution in [2.75, 3.05) is 19.6 Å². The van der Waals surface area contributed by atoms with E-state index in [-0.39, 0.29) is 5.91 Å². The Kier molecular flexibility index (Phi) is 4.81. The number of carbonyl (C=O) groups is 1.